The molecule has 0 N–H and O–H groups in total. The largest absolute Gasteiger partial charge is 0.469 e. The van der Waals surface area contributed by atoms with Crippen molar-refractivity contribution < 1.29 is 18.8 Å². The molecule has 0 aliphatic carbocycles. The summed E-state index contributed by atoms with van der Waals surface area (Å²) < 4.78 is 15.7. The Balaban J connectivity index is 1.68. The Kier molecular flexibility index (Phi) is 5.61. The zero-order chi connectivity index (χ0) is 16.8. The zero-order valence-corrected chi connectivity index (χ0v) is 13.8. The molecule has 2 heterocycles. The Morgan fingerprint density at radius 2 is 2.04 bits per heavy atom. The van der Waals surface area contributed by atoms with Gasteiger partial charge in [-0.3, -0.25) is 9.69 Å². The monoisotopic (exact) mass is 330 g/mol. The number of methoxy groups -OCH3 is 1. The summed E-state index contributed by atoms with van der Waals surface area (Å²) in [5.74, 6) is 0.230. The summed E-state index contributed by atoms with van der Waals surface area (Å²) >= 11 is 0. The lowest BCUT2D eigenvalue weighted by atomic mass is 10.0. The molecule has 1 atom stereocenters. The second-order valence-electron chi connectivity index (χ2n) is 5.89. The first-order valence-electron chi connectivity index (χ1n) is 8.15. The standard InChI is InChI=1S/C18H22N2O4/c1-22-18(21)15(13-20-7-9-23-10-8-20)11-16-12-17(24-19-16)14-5-3-2-4-6-14/h2-6,12,15H,7-11,13H2,1H3. The van der Waals surface area contributed by atoms with Crippen LogP contribution in [0.5, 0.6) is 0 Å². The van der Waals surface area contributed by atoms with Crippen LogP contribution in [0.15, 0.2) is 40.9 Å². The van der Waals surface area contributed by atoms with Crippen LogP contribution in [0.4, 0.5) is 0 Å². The van der Waals surface area contributed by atoms with Crippen molar-refractivity contribution in [2.24, 2.45) is 5.92 Å². The van der Waals surface area contributed by atoms with Gasteiger partial charge < -0.3 is 14.0 Å². The maximum Gasteiger partial charge on any atom is 0.310 e. The van der Waals surface area contributed by atoms with Gasteiger partial charge in [0.15, 0.2) is 5.76 Å². The molecule has 0 bridgehead atoms. The highest BCUT2D eigenvalue weighted by atomic mass is 16.5. The maximum atomic E-state index is 12.1. The first-order chi connectivity index (χ1) is 11.8. The van der Waals surface area contributed by atoms with Crippen LogP contribution in [-0.4, -0.2) is 56.0 Å². The van der Waals surface area contributed by atoms with Gasteiger partial charge in [-0.2, -0.15) is 0 Å². The van der Waals surface area contributed by atoms with Crippen molar-refractivity contribution >= 4 is 5.97 Å². The molecule has 128 valence electrons. The molecule has 6 heteroatoms. The van der Waals surface area contributed by atoms with Gasteiger partial charge in [-0.15, -0.1) is 0 Å². The van der Waals surface area contributed by atoms with Crippen molar-refractivity contribution in [1.82, 2.24) is 10.1 Å². The van der Waals surface area contributed by atoms with Crippen LogP contribution in [0.2, 0.25) is 0 Å². The second-order valence-corrected chi connectivity index (χ2v) is 5.89. The van der Waals surface area contributed by atoms with Gasteiger partial charge in [0.2, 0.25) is 0 Å². The molecule has 0 spiro atoms. The van der Waals surface area contributed by atoms with Crippen LogP contribution in [0.25, 0.3) is 11.3 Å². The van der Waals surface area contributed by atoms with Gasteiger partial charge in [0.1, 0.15) is 0 Å². The second kappa shape index (κ2) is 8.08. The Bertz CT molecular complexity index is 650. The Morgan fingerprint density at radius 3 is 2.75 bits per heavy atom. The minimum Gasteiger partial charge on any atom is -0.469 e. The lowest BCUT2D eigenvalue weighted by Crippen LogP contribution is -2.41. The molecule has 24 heavy (non-hydrogen) atoms. The maximum absolute atomic E-state index is 12.1. The highest BCUT2D eigenvalue weighted by Crippen LogP contribution is 2.22. The minimum absolute atomic E-state index is 0.217. The minimum atomic E-state index is -0.262. The summed E-state index contributed by atoms with van der Waals surface area (Å²) in [4.78, 5) is 14.4. The lowest BCUT2D eigenvalue weighted by Gasteiger charge is -2.29. The van der Waals surface area contributed by atoms with Crippen molar-refractivity contribution in [1.29, 1.82) is 0 Å². The van der Waals surface area contributed by atoms with E-state index in [1.165, 1.54) is 7.11 Å². The van der Waals surface area contributed by atoms with E-state index in [9.17, 15) is 4.79 Å². The molecule has 1 aliphatic heterocycles. The zero-order valence-electron chi connectivity index (χ0n) is 13.8. The number of esters is 1. The van der Waals surface area contributed by atoms with Crippen LogP contribution in [-0.2, 0) is 20.7 Å². The highest BCUT2D eigenvalue weighted by Gasteiger charge is 2.25. The molecule has 0 saturated carbocycles. The number of benzene rings is 1. The summed E-state index contributed by atoms with van der Waals surface area (Å²) in [5, 5.41) is 4.12. The molecule has 0 radical (unpaired) electrons. The van der Waals surface area contributed by atoms with Gasteiger partial charge in [-0.05, 0) is 0 Å². The number of aromatic nitrogens is 1. The number of ether oxygens (including phenoxy) is 2. The van der Waals surface area contributed by atoms with Crippen LogP contribution < -0.4 is 0 Å². The van der Waals surface area contributed by atoms with E-state index < -0.39 is 0 Å². The number of morpholine rings is 1. The van der Waals surface area contributed by atoms with Crippen LogP contribution in [0.1, 0.15) is 5.69 Å². The molecular formula is C18H22N2O4. The van der Waals surface area contributed by atoms with Crippen molar-refractivity contribution in [3.8, 4) is 11.3 Å². The molecule has 1 aromatic heterocycles. The third-order valence-electron chi connectivity index (χ3n) is 4.19. The third-order valence-corrected chi connectivity index (χ3v) is 4.19. The number of nitrogens with zero attached hydrogens (tertiary/aromatic N) is 2. The van der Waals surface area contributed by atoms with E-state index in [1.807, 2.05) is 36.4 Å². The van der Waals surface area contributed by atoms with E-state index in [0.717, 1.165) is 24.3 Å². The van der Waals surface area contributed by atoms with E-state index in [0.29, 0.717) is 31.9 Å². The van der Waals surface area contributed by atoms with E-state index in [1.54, 1.807) is 0 Å². The van der Waals surface area contributed by atoms with Gasteiger partial charge in [0, 0.05) is 37.7 Å². The van der Waals surface area contributed by atoms with Crippen LogP contribution in [0, 0.1) is 5.92 Å². The van der Waals surface area contributed by atoms with Gasteiger partial charge in [0.25, 0.3) is 0 Å². The smallest absolute Gasteiger partial charge is 0.310 e. The van der Waals surface area contributed by atoms with Crippen LogP contribution in [0.3, 0.4) is 0 Å². The quantitative estimate of drug-likeness (QED) is 0.755. The Hall–Kier alpha value is -2.18. The topological polar surface area (TPSA) is 64.8 Å². The predicted molar refractivity (Wildman–Crippen MR) is 88.4 cm³/mol. The van der Waals surface area contributed by atoms with Crippen molar-refractivity contribution in [3.05, 3.63) is 42.1 Å². The van der Waals surface area contributed by atoms with Crippen molar-refractivity contribution in [2.45, 2.75) is 6.42 Å². The molecule has 3 rings (SSSR count). The summed E-state index contributed by atoms with van der Waals surface area (Å²) in [7, 11) is 1.42. The average molecular weight is 330 g/mol. The number of carbonyl (C=O) groups is 1. The fourth-order valence-corrected chi connectivity index (χ4v) is 2.88. The molecule has 0 amide bonds. The van der Waals surface area contributed by atoms with Gasteiger partial charge in [0.05, 0.1) is 31.9 Å². The molecule has 1 fully saturated rings. The number of hydrogen-bond donors (Lipinski definition) is 0. The fourth-order valence-electron chi connectivity index (χ4n) is 2.88. The summed E-state index contributed by atoms with van der Waals surface area (Å²) in [6.07, 6.45) is 0.500. The summed E-state index contributed by atoms with van der Waals surface area (Å²) in [6.45, 7) is 3.72. The van der Waals surface area contributed by atoms with E-state index in [2.05, 4.69) is 10.1 Å². The Labute approximate surface area is 141 Å². The number of hydrogen-bond acceptors (Lipinski definition) is 6. The van der Waals surface area contributed by atoms with Crippen LogP contribution >= 0.6 is 0 Å². The lowest BCUT2D eigenvalue weighted by molar-refractivity contribution is -0.146. The summed E-state index contributed by atoms with van der Waals surface area (Å²) in [6, 6.07) is 11.7. The first-order valence-corrected chi connectivity index (χ1v) is 8.15. The predicted octanol–water partition coefficient (Wildman–Crippen LogP) is 2.01. The van der Waals surface area contributed by atoms with Crippen molar-refractivity contribution in [3.63, 3.8) is 0 Å². The van der Waals surface area contributed by atoms with E-state index >= 15 is 0 Å². The van der Waals surface area contributed by atoms with Gasteiger partial charge >= 0.3 is 5.97 Å². The molecule has 1 aliphatic rings. The number of carbonyl (C=O) groups excluding carboxylic acids is 1. The molecular weight excluding hydrogens is 308 g/mol. The summed E-state index contributed by atoms with van der Waals surface area (Å²) in [5.41, 5.74) is 1.73. The molecule has 6 nitrogen and oxygen atoms in total. The Morgan fingerprint density at radius 1 is 1.29 bits per heavy atom. The number of rotatable bonds is 6. The fraction of sp³-hybridized carbons (Fsp3) is 0.444. The van der Waals surface area contributed by atoms with Gasteiger partial charge in [-0.25, -0.2) is 0 Å². The SMILES string of the molecule is COC(=O)C(Cc1cc(-c2ccccc2)on1)CN1CCOCC1. The van der Waals surface area contributed by atoms with E-state index in [-0.39, 0.29) is 11.9 Å². The van der Waals surface area contributed by atoms with Crippen molar-refractivity contribution in [2.75, 3.05) is 40.0 Å². The molecule has 1 unspecified atom stereocenters. The molecule has 1 aromatic carbocycles. The third kappa shape index (κ3) is 4.21. The van der Waals surface area contributed by atoms with Gasteiger partial charge in [-0.1, -0.05) is 35.5 Å². The first kappa shape index (κ1) is 16.7. The average Bonchev–Trinajstić information content (AvgIpc) is 3.11. The molecule has 2 aromatic rings. The normalized spacial score (nSPS) is 16.7. The molecule has 1 saturated heterocycles. The van der Waals surface area contributed by atoms with E-state index in [4.69, 9.17) is 14.0 Å². The highest BCUT2D eigenvalue weighted by molar-refractivity contribution is 5.73.